The van der Waals surface area contributed by atoms with Crippen molar-refractivity contribution >= 4 is 17.3 Å². The number of aryl methyl sites for hydroxylation is 1. The van der Waals surface area contributed by atoms with E-state index in [0.717, 1.165) is 50.4 Å². The molecule has 1 amide bonds. The van der Waals surface area contributed by atoms with E-state index in [0.29, 0.717) is 12.3 Å². The van der Waals surface area contributed by atoms with Gasteiger partial charge in [0.05, 0.1) is 0 Å². The zero-order chi connectivity index (χ0) is 13.2. The van der Waals surface area contributed by atoms with Gasteiger partial charge in [-0.25, -0.2) is 0 Å². The Morgan fingerprint density at radius 2 is 2.05 bits per heavy atom. The van der Waals surface area contributed by atoms with Gasteiger partial charge < -0.3 is 15.4 Å². The van der Waals surface area contributed by atoms with Crippen molar-refractivity contribution in [1.82, 2.24) is 0 Å². The van der Waals surface area contributed by atoms with E-state index in [1.54, 1.807) is 0 Å². The zero-order valence-electron chi connectivity index (χ0n) is 11.1. The SMILES string of the molecule is Nc1ccc2c(c1)CCC(=O)N2CC1CCOCC1. The van der Waals surface area contributed by atoms with Crippen LogP contribution in [0.15, 0.2) is 18.2 Å². The Labute approximate surface area is 113 Å². The van der Waals surface area contributed by atoms with Gasteiger partial charge in [-0.3, -0.25) is 4.79 Å². The summed E-state index contributed by atoms with van der Waals surface area (Å²) in [7, 11) is 0. The molecule has 4 heteroatoms. The first-order valence-electron chi connectivity index (χ1n) is 7.00. The predicted molar refractivity (Wildman–Crippen MR) is 75.1 cm³/mol. The molecule has 0 atom stereocenters. The maximum Gasteiger partial charge on any atom is 0.227 e. The minimum absolute atomic E-state index is 0.240. The lowest BCUT2D eigenvalue weighted by atomic mass is 9.95. The summed E-state index contributed by atoms with van der Waals surface area (Å²) in [6, 6.07) is 5.87. The molecule has 19 heavy (non-hydrogen) atoms. The summed E-state index contributed by atoms with van der Waals surface area (Å²) in [6.07, 6.45) is 3.51. The number of anilines is 2. The Morgan fingerprint density at radius 1 is 1.26 bits per heavy atom. The van der Waals surface area contributed by atoms with Crippen molar-refractivity contribution in [3.05, 3.63) is 23.8 Å². The summed E-state index contributed by atoms with van der Waals surface area (Å²) >= 11 is 0. The summed E-state index contributed by atoms with van der Waals surface area (Å²) in [5, 5.41) is 0. The van der Waals surface area contributed by atoms with E-state index in [-0.39, 0.29) is 5.91 Å². The Balaban J connectivity index is 1.82. The van der Waals surface area contributed by atoms with Crippen molar-refractivity contribution in [3.8, 4) is 0 Å². The van der Waals surface area contributed by atoms with Crippen LogP contribution >= 0.6 is 0 Å². The van der Waals surface area contributed by atoms with Crippen molar-refractivity contribution in [3.63, 3.8) is 0 Å². The second-order valence-electron chi connectivity index (χ2n) is 5.45. The van der Waals surface area contributed by atoms with Crippen LogP contribution in [-0.2, 0) is 16.0 Å². The van der Waals surface area contributed by atoms with Crippen LogP contribution in [0, 0.1) is 5.92 Å². The molecule has 2 aliphatic heterocycles. The molecule has 102 valence electrons. The van der Waals surface area contributed by atoms with E-state index >= 15 is 0 Å². The Hall–Kier alpha value is -1.55. The first-order valence-corrected chi connectivity index (χ1v) is 7.00. The Morgan fingerprint density at radius 3 is 2.84 bits per heavy atom. The summed E-state index contributed by atoms with van der Waals surface area (Å²) in [6.45, 7) is 2.46. The molecule has 1 saturated heterocycles. The van der Waals surface area contributed by atoms with Crippen LogP contribution in [0.3, 0.4) is 0 Å². The van der Waals surface area contributed by atoms with Gasteiger partial charge in [0.1, 0.15) is 0 Å². The fourth-order valence-corrected chi connectivity index (χ4v) is 2.97. The van der Waals surface area contributed by atoms with Crippen LogP contribution in [0.2, 0.25) is 0 Å². The smallest absolute Gasteiger partial charge is 0.227 e. The fourth-order valence-electron chi connectivity index (χ4n) is 2.97. The van der Waals surface area contributed by atoms with E-state index < -0.39 is 0 Å². The van der Waals surface area contributed by atoms with Gasteiger partial charge in [0.15, 0.2) is 0 Å². The van der Waals surface area contributed by atoms with Gasteiger partial charge in [0.25, 0.3) is 0 Å². The molecule has 2 N–H and O–H groups in total. The number of benzene rings is 1. The molecule has 1 aromatic carbocycles. The number of hydrogen-bond donors (Lipinski definition) is 1. The molecule has 3 rings (SSSR count). The maximum absolute atomic E-state index is 12.2. The molecule has 4 nitrogen and oxygen atoms in total. The van der Waals surface area contributed by atoms with Crippen LogP contribution < -0.4 is 10.6 Å². The number of nitrogen functional groups attached to an aromatic ring is 1. The van der Waals surface area contributed by atoms with Gasteiger partial charge in [-0.15, -0.1) is 0 Å². The monoisotopic (exact) mass is 260 g/mol. The number of nitrogens with two attached hydrogens (primary N) is 1. The molecule has 0 unspecified atom stereocenters. The number of hydrogen-bond acceptors (Lipinski definition) is 3. The summed E-state index contributed by atoms with van der Waals surface area (Å²) in [4.78, 5) is 14.1. The molecular weight excluding hydrogens is 240 g/mol. The van der Waals surface area contributed by atoms with Gasteiger partial charge in [-0.05, 0) is 48.9 Å². The van der Waals surface area contributed by atoms with Crippen molar-refractivity contribution in [2.45, 2.75) is 25.7 Å². The molecule has 1 fully saturated rings. The Bertz CT molecular complexity index is 481. The third-order valence-corrected chi connectivity index (χ3v) is 4.09. The average Bonchev–Trinajstić information content (AvgIpc) is 2.43. The zero-order valence-corrected chi connectivity index (χ0v) is 11.1. The largest absolute Gasteiger partial charge is 0.399 e. The number of ether oxygens (including phenoxy) is 1. The van der Waals surface area contributed by atoms with Crippen molar-refractivity contribution < 1.29 is 9.53 Å². The molecule has 0 radical (unpaired) electrons. The number of amides is 1. The minimum Gasteiger partial charge on any atom is -0.399 e. The predicted octanol–water partition coefficient (Wildman–Crippen LogP) is 1.97. The third-order valence-electron chi connectivity index (χ3n) is 4.09. The second kappa shape index (κ2) is 5.21. The number of carbonyl (C=O) groups is 1. The van der Waals surface area contributed by atoms with Crippen LogP contribution in [0.4, 0.5) is 11.4 Å². The van der Waals surface area contributed by atoms with E-state index in [9.17, 15) is 4.79 Å². The highest BCUT2D eigenvalue weighted by atomic mass is 16.5. The normalized spacial score (nSPS) is 20.4. The van der Waals surface area contributed by atoms with Crippen LogP contribution in [0.5, 0.6) is 0 Å². The van der Waals surface area contributed by atoms with Gasteiger partial charge in [-0.2, -0.15) is 0 Å². The summed E-state index contributed by atoms with van der Waals surface area (Å²) in [5.41, 5.74) is 8.86. The average molecular weight is 260 g/mol. The van der Waals surface area contributed by atoms with Crippen molar-refractivity contribution in [1.29, 1.82) is 0 Å². The highest BCUT2D eigenvalue weighted by Gasteiger charge is 2.27. The highest BCUT2D eigenvalue weighted by molar-refractivity contribution is 5.96. The Kier molecular flexibility index (Phi) is 3.42. The number of fused-ring (bicyclic) bond motifs is 1. The first-order chi connectivity index (χ1) is 9.24. The third kappa shape index (κ3) is 2.59. The topological polar surface area (TPSA) is 55.6 Å². The maximum atomic E-state index is 12.2. The van der Waals surface area contributed by atoms with Gasteiger partial charge in [0.2, 0.25) is 5.91 Å². The van der Waals surface area contributed by atoms with E-state index in [2.05, 4.69) is 0 Å². The van der Waals surface area contributed by atoms with Crippen LogP contribution in [0.1, 0.15) is 24.8 Å². The second-order valence-corrected chi connectivity index (χ2v) is 5.45. The van der Waals surface area contributed by atoms with Crippen LogP contribution in [-0.4, -0.2) is 25.7 Å². The highest BCUT2D eigenvalue weighted by Crippen LogP contribution is 2.31. The quantitative estimate of drug-likeness (QED) is 0.827. The first kappa shape index (κ1) is 12.5. The standard InChI is InChI=1S/C15H20N2O2/c16-13-2-3-14-12(9-13)1-4-15(18)17(14)10-11-5-7-19-8-6-11/h2-3,9,11H,1,4-8,10,16H2. The minimum atomic E-state index is 0.240. The number of rotatable bonds is 2. The van der Waals surface area contributed by atoms with Gasteiger partial charge >= 0.3 is 0 Å². The lowest BCUT2D eigenvalue weighted by Crippen LogP contribution is -2.40. The summed E-state index contributed by atoms with van der Waals surface area (Å²) in [5.74, 6) is 0.796. The molecule has 2 heterocycles. The van der Waals surface area contributed by atoms with Crippen molar-refractivity contribution in [2.24, 2.45) is 5.92 Å². The molecule has 1 aromatic rings. The van der Waals surface area contributed by atoms with E-state index in [1.807, 2.05) is 23.1 Å². The molecule has 0 aliphatic carbocycles. The van der Waals surface area contributed by atoms with Gasteiger partial charge in [0, 0.05) is 37.6 Å². The van der Waals surface area contributed by atoms with Crippen molar-refractivity contribution in [2.75, 3.05) is 30.4 Å². The molecule has 0 bridgehead atoms. The number of carbonyl (C=O) groups excluding carboxylic acids is 1. The lowest BCUT2D eigenvalue weighted by Gasteiger charge is -2.34. The van der Waals surface area contributed by atoms with E-state index in [1.165, 1.54) is 5.56 Å². The molecule has 0 spiro atoms. The molecule has 0 saturated carbocycles. The summed E-state index contributed by atoms with van der Waals surface area (Å²) < 4.78 is 5.38. The van der Waals surface area contributed by atoms with E-state index in [4.69, 9.17) is 10.5 Å². The van der Waals surface area contributed by atoms with Crippen LogP contribution in [0.25, 0.3) is 0 Å². The molecule has 0 aromatic heterocycles. The lowest BCUT2D eigenvalue weighted by molar-refractivity contribution is -0.119. The number of nitrogens with zero attached hydrogens (tertiary/aromatic N) is 1. The molecular formula is C15H20N2O2. The fraction of sp³-hybridized carbons (Fsp3) is 0.533. The van der Waals surface area contributed by atoms with Gasteiger partial charge in [-0.1, -0.05) is 0 Å². The molecule has 2 aliphatic rings.